The van der Waals surface area contributed by atoms with Crippen LogP contribution in [0.25, 0.3) is 11.1 Å². The third kappa shape index (κ3) is 6.26. The molecule has 0 radical (unpaired) electrons. The number of pyridine rings is 2. The van der Waals surface area contributed by atoms with Crippen molar-refractivity contribution in [3.8, 4) is 11.1 Å². The molecule has 3 aromatic heterocycles. The summed E-state index contributed by atoms with van der Waals surface area (Å²) in [6.45, 7) is 6.09. The molecule has 0 saturated heterocycles. The van der Waals surface area contributed by atoms with Crippen molar-refractivity contribution in [3.05, 3.63) is 98.9 Å². The number of hydrogen-bond acceptors (Lipinski definition) is 5. The monoisotopic (exact) mass is 546 g/mol. The van der Waals surface area contributed by atoms with Gasteiger partial charge in [0.1, 0.15) is 11.7 Å². The molecule has 1 aromatic carbocycles. The number of nitrogens with zero attached hydrogens (tertiary/aromatic N) is 4. The molecule has 9 nitrogen and oxygen atoms in total. The largest absolute Gasteiger partial charge is 0.354 e. The van der Waals surface area contributed by atoms with Crippen molar-refractivity contribution < 1.29 is 9.59 Å². The summed E-state index contributed by atoms with van der Waals surface area (Å²) >= 11 is 6.32. The first kappa shape index (κ1) is 27.8. The Kier molecular flexibility index (Phi) is 8.30. The van der Waals surface area contributed by atoms with Crippen molar-refractivity contribution in [1.29, 1.82) is 0 Å². The molecule has 4 aromatic rings. The number of benzene rings is 1. The third-order valence-electron chi connectivity index (χ3n) is 6.51. The van der Waals surface area contributed by atoms with E-state index in [1.54, 1.807) is 36.3 Å². The van der Waals surface area contributed by atoms with Crippen LogP contribution in [0.4, 0.5) is 5.69 Å². The molecule has 1 unspecified atom stereocenters. The van der Waals surface area contributed by atoms with Gasteiger partial charge in [0.05, 0.1) is 17.6 Å². The number of rotatable bonds is 8. The van der Waals surface area contributed by atoms with Gasteiger partial charge in [0.2, 0.25) is 5.91 Å². The van der Waals surface area contributed by atoms with Gasteiger partial charge in [0, 0.05) is 44.0 Å². The van der Waals surface area contributed by atoms with Crippen molar-refractivity contribution in [2.24, 2.45) is 7.05 Å². The lowest BCUT2D eigenvalue weighted by Crippen LogP contribution is -2.35. The van der Waals surface area contributed by atoms with E-state index < -0.39 is 11.9 Å². The molecule has 10 heteroatoms. The molecule has 1 atom stereocenters. The van der Waals surface area contributed by atoms with Crippen LogP contribution in [-0.2, 0) is 18.3 Å². The Hall–Kier alpha value is -4.24. The molecular formula is C29H31ClN6O3. The summed E-state index contributed by atoms with van der Waals surface area (Å²) in [6.07, 6.45) is 5.10. The fourth-order valence-electron chi connectivity index (χ4n) is 4.50. The van der Waals surface area contributed by atoms with Crippen LogP contribution in [-0.4, -0.2) is 38.2 Å². The summed E-state index contributed by atoms with van der Waals surface area (Å²) in [6, 6.07) is 11.3. The van der Waals surface area contributed by atoms with E-state index in [9.17, 15) is 14.4 Å². The SMILES string of the molecule is CNC(=O)c1ccc(NC(=O)C(Cc2ccn(C)n2)n2cc(C)c(-c3cc(Cl)ccc3C(C)C)cc2=O)cn1. The number of nitrogens with one attached hydrogen (secondary N) is 2. The van der Waals surface area contributed by atoms with Gasteiger partial charge in [-0.15, -0.1) is 0 Å². The molecule has 202 valence electrons. The van der Waals surface area contributed by atoms with Gasteiger partial charge in [-0.05, 0) is 65.4 Å². The second-order valence-corrected chi connectivity index (χ2v) is 10.1. The highest BCUT2D eigenvalue weighted by Gasteiger charge is 2.25. The molecular weight excluding hydrogens is 516 g/mol. The molecule has 0 bridgehead atoms. The van der Waals surface area contributed by atoms with Crippen molar-refractivity contribution in [2.45, 2.75) is 39.2 Å². The van der Waals surface area contributed by atoms with Crippen molar-refractivity contribution >= 4 is 29.1 Å². The number of aryl methyl sites for hydroxylation is 2. The zero-order valence-corrected chi connectivity index (χ0v) is 23.3. The molecule has 0 aliphatic carbocycles. The van der Waals surface area contributed by atoms with Crippen LogP contribution in [0, 0.1) is 6.92 Å². The average molecular weight is 547 g/mol. The average Bonchev–Trinajstić information content (AvgIpc) is 3.32. The number of anilines is 1. The van der Waals surface area contributed by atoms with E-state index in [0.717, 1.165) is 22.3 Å². The van der Waals surface area contributed by atoms with Crippen LogP contribution in [0.3, 0.4) is 0 Å². The maximum absolute atomic E-state index is 13.6. The Morgan fingerprint density at radius 1 is 1.08 bits per heavy atom. The van der Waals surface area contributed by atoms with E-state index in [1.807, 2.05) is 31.2 Å². The Bertz CT molecular complexity index is 1570. The first-order chi connectivity index (χ1) is 18.6. The molecule has 39 heavy (non-hydrogen) atoms. The van der Waals surface area contributed by atoms with E-state index in [-0.39, 0.29) is 29.5 Å². The normalized spacial score (nSPS) is 11.9. The lowest BCUT2D eigenvalue weighted by molar-refractivity contribution is -0.119. The van der Waals surface area contributed by atoms with Crippen LogP contribution in [0.1, 0.15) is 53.1 Å². The van der Waals surface area contributed by atoms with Crippen molar-refractivity contribution in [2.75, 3.05) is 12.4 Å². The van der Waals surface area contributed by atoms with E-state index in [2.05, 4.69) is 34.6 Å². The quantitative estimate of drug-likeness (QED) is 0.338. The number of aromatic nitrogens is 4. The maximum atomic E-state index is 13.6. The first-order valence-electron chi connectivity index (χ1n) is 12.6. The fourth-order valence-corrected chi connectivity index (χ4v) is 4.67. The molecule has 4 rings (SSSR count). The van der Waals surface area contributed by atoms with E-state index in [1.165, 1.54) is 23.9 Å². The second kappa shape index (κ2) is 11.7. The Morgan fingerprint density at radius 3 is 2.46 bits per heavy atom. The maximum Gasteiger partial charge on any atom is 0.269 e. The lowest BCUT2D eigenvalue weighted by atomic mass is 9.91. The van der Waals surface area contributed by atoms with Gasteiger partial charge in [0.25, 0.3) is 11.5 Å². The number of carbonyl (C=O) groups excluding carboxylic acids is 2. The van der Waals surface area contributed by atoms with Gasteiger partial charge in [0.15, 0.2) is 0 Å². The van der Waals surface area contributed by atoms with Crippen LogP contribution in [0.5, 0.6) is 0 Å². The summed E-state index contributed by atoms with van der Waals surface area (Å²) in [5.41, 5.74) is 4.54. The Morgan fingerprint density at radius 2 is 1.85 bits per heavy atom. The van der Waals surface area contributed by atoms with Crippen molar-refractivity contribution in [1.82, 2.24) is 24.6 Å². The minimum Gasteiger partial charge on any atom is -0.354 e. The van der Waals surface area contributed by atoms with E-state index in [4.69, 9.17) is 11.6 Å². The molecule has 2 N–H and O–H groups in total. The summed E-state index contributed by atoms with van der Waals surface area (Å²) in [4.78, 5) is 43.0. The number of hydrogen-bond donors (Lipinski definition) is 2. The predicted molar refractivity (Wildman–Crippen MR) is 152 cm³/mol. The number of halogens is 1. The summed E-state index contributed by atoms with van der Waals surface area (Å²) < 4.78 is 3.09. The minimum atomic E-state index is -0.886. The third-order valence-corrected chi connectivity index (χ3v) is 6.74. The molecule has 3 heterocycles. The van der Waals surface area contributed by atoms with Gasteiger partial charge >= 0.3 is 0 Å². The Labute approximate surface area is 231 Å². The summed E-state index contributed by atoms with van der Waals surface area (Å²) in [5, 5.41) is 10.3. The smallest absolute Gasteiger partial charge is 0.269 e. The minimum absolute atomic E-state index is 0.198. The zero-order chi connectivity index (χ0) is 28.3. The van der Waals surface area contributed by atoms with Crippen molar-refractivity contribution in [3.63, 3.8) is 0 Å². The van der Waals surface area contributed by atoms with Gasteiger partial charge in [-0.3, -0.25) is 19.1 Å². The highest BCUT2D eigenvalue weighted by atomic mass is 35.5. The number of carbonyl (C=O) groups is 2. The number of amides is 2. The van der Waals surface area contributed by atoms with Crippen LogP contribution in [0.15, 0.2) is 65.8 Å². The molecule has 0 aliphatic rings. The fraction of sp³-hybridized carbons (Fsp3) is 0.276. The van der Waals surface area contributed by atoms with Crippen LogP contribution >= 0.6 is 11.6 Å². The highest BCUT2D eigenvalue weighted by Crippen LogP contribution is 2.33. The molecule has 0 fully saturated rings. The molecule has 2 amide bonds. The lowest BCUT2D eigenvalue weighted by Gasteiger charge is -2.21. The van der Waals surface area contributed by atoms with Crippen LogP contribution in [0.2, 0.25) is 5.02 Å². The van der Waals surface area contributed by atoms with E-state index >= 15 is 0 Å². The van der Waals surface area contributed by atoms with Gasteiger partial charge in [-0.2, -0.15) is 5.10 Å². The standard InChI is InChI=1S/C29H31ClN6O3/c1-17(2)22-8-6-19(30)12-24(22)23-14-27(37)36(16-18(23)3)26(13-20-10-11-35(5)34-20)29(39)33-21-7-9-25(32-15-21)28(38)31-4/h6-12,14-17,26H,13H2,1-5H3,(H,31,38)(H,33,39). The van der Waals surface area contributed by atoms with Gasteiger partial charge in [-0.25, -0.2) is 4.98 Å². The zero-order valence-electron chi connectivity index (χ0n) is 22.5. The van der Waals surface area contributed by atoms with E-state index in [0.29, 0.717) is 16.4 Å². The molecule has 0 saturated carbocycles. The topological polar surface area (TPSA) is 111 Å². The molecule has 0 aliphatic heterocycles. The summed E-state index contributed by atoms with van der Waals surface area (Å²) in [5.74, 6) is -0.511. The summed E-state index contributed by atoms with van der Waals surface area (Å²) in [7, 11) is 3.31. The highest BCUT2D eigenvalue weighted by molar-refractivity contribution is 6.30. The predicted octanol–water partition coefficient (Wildman–Crippen LogP) is 4.51. The van der Waals surface area contributed by atoms with Gasteiger partial charge in [-0.1, -0.05) is 31.5 Å². The van der Waals surface area contributed by atoms with Crippen LogP contribution < -0.4 is 16.2 Å². The first-order valence-corrected chi connectivity index (χ1v) is 12.9. The van der Waals surface area contributed by atoms with Gasteiger partial charge < -0.3 is 15.2 Å². The molecule has 0 spiro atoms. The second-order valence-electron chi connectivity index (χ2n) is 9.70. The Balaban J connectivity index is 1.73.